The van der Waals surface area contributed by atoms with Crippen molar-refractivity contribution in [1.82, 2.24) is 5.32 Å². The molecule has 1 atom stereocenters. The molecule has 0 bridgehead atoms. The Balaban J connectivity index is 2.91. The molecule has 106 valence electrons. The van der Waals surface area contributed by atoms with Crippen molar-refractivity contribution in [3.8, 4) is 0 Å². The van der Waals surface area contributed by atoms with E-state index >= 15 is 0 Å². The molecule has 6 heteroatoms. The average Bonchev–Trinajstić information content (AvgIpc) is 2.35. The summed E-state index contributed by atoms with van der Waals surface area (Å²) in [6, 6.07) is 1.77. The molecule has 0 fully saturated rings. The lowest BCUT2D eigenvalue weighted by Gasteiger charge is -2.17. The first-order valence-electron chi connectivity index (χ1n) is 6.04. The molecule has 1 aromatic rings. The van der Waals surface area contributed by atoms with Crippen molar-refractivity contribution < 1.29 is 18.3 Å². The van der Waals surface area contributed by atoms with Gasteiger partial charge < -0.3 is 15.8 Å². The number of amides is 1. The summed E-state index contributed by atoms with van der Waals surface area (Å²) in [6.45, 7) is 2.22. The highest BCUT2D eigenvalue weighted by atomic mass is 19.1. The summed E-state index contributed by atoms with van der Waals surface area (Å²) in [5.41, 5.74) is 4.41. The summed E-state index contributed by atoms with van der Waals surface area (Å²) in [7, 11) is 1.50. The molecule has 0 aliphatic heterocycles. The third kappa shape index (κ3) is 3.89. The first-order valence-corrected chi connectivity index (χ1v) is 6.04. The number of anilines is 1. The number of benzene rings is 1. The lowest BCUT2D eigenvalue weighted by molar-refractivity contribution is 0.0883. The van der Waals surface area contributed by atoms with E-state index in [1.165, 1.54) is 7.11 Å². The van der Waals surface area contributed by atoms with Gasteiger partial charge in [-0.3, -0.25) is 4.79 Å². The van der Waals surface area contributed by atoms with E-state index in [4.69, 9.17) is 10.5 Å². The lowest BCUT2D eigenvalue weighted by atomic mass is 10.1. The molecule has 4 nitrogen and oxygen atoms in total. The van der Waals surface area contributed by atoms with E-state index in [0.717, 1.165) is 18.6 Å². The van der Waals surface area contributed by atoms with E-state index in [-0.39, 0.29) is 18.3 Å². The molecule has 0 spiro atoms. The van der Waals surface area contributed by atoms with Crippen LogP contribution in [0.1, 0.15) is 30.1 Å². The number of nitrogens with one attached hydrogen (secondary N) is 1. The fraction of sp³-hybridized carbons (Fsp3) is 0.462. The van der Waals surface area contributed by atoms with E-state index in [0.29, 0.717) is 6.42 Å². The minimum atomic E-state index is -1.04. The van der Waals surface area contributed by atoms with Crippen LogP contribution < -0.4 is 11.1 Å². The van der Waals surface area contributed by atoms with Gasteiger partial charge in [-0.15, -0.1) is 0 Å². The monoisotopic (exact) mass is 272 g/mol. The van der Waals surface area contributed by atoms with Gasteiger partial charge in [0.25, 0.3) is 5.91 Å². The zero-order valence-electron chi connectivity index (χ0n) is 11.0. The van der Waals surface area contributed by atoms with Crippen LogP contribution in [0.5, 0.6) is 0 Å². The Bertz CT molecular complexity index is 447. The maximum atomic E-state index is 13.7. The van der Waals surface area contributed by atoms with Gasteiger partial charge in [0, 0.05) is 7.11 Å². The van der Waals surface area contributed by atoms with E-state index in [9.17, 15) is 13.6 Å². The van der Waals surface area contributed by atoms with Gasteiger partial charge in [0.1, 0.15) is 11.4 Å². The fourth-order valence-electron chi connectivity index (χ4n) is 1.78. The highest BCUT2D eigenvalue weighted by molar-refractivity contribution is 5.95. The first kappa shape index (κ1) is 15.4. The second kappa shape index (κ2) is 7.04. The quantitative estimate of drug-likeness (QED) is 0.779. The van der Waals surface area contributed by atoms with Crippen LogP contribution >= 0.6 is 0 Å². The van der Waals surface area contributed by atoms with Crippen LogP contribution in [0.25, 0.3) is 0 Å². The Morgan fingerprint density at radius 1 is 1.47 bits per heavy atom. The molecule has 1 unspecified atom stereocenters. The van der Waals surface area contributed by atoms with Gasteiger partial charge in [-0.05, 0) is 18.6 Å². The standard InChI is InChI=1S/C13H18F2N2O2/c1-3-4-8(7-19-2)17-13(18)11-9(14)5-6-10(16)12(11)15/h5-6,8H,3-4,7,16H2,1-2H3,(H,17,18). The van der Waals surface area contributed by atoms with Crippen LogP contribution in [0.4, 0.5) is 14.5 Å². The number of carbonyl (C=O) groups excluding carboxylic acids is 1. The number of ether oxygens (including phenoxy) is 1. The maximum absolute atomic E-state index is 13.7. The number of carbonyl (C=O) groups is 1. The number of hydrogen-bond donors (Lipinski definition) is 2. The molecule has 19 heavy (non-hydrogen) atoms. The largest absolute Gasteiger partial charge is 0.396 e. The normalized spacial score (nSPS) is 12.2. The number of hydrogen-bond acceptors (Lipinski definition) is 3. The Morgan fingerprint density at radius 2 is 2.16 bits per heavy atom. The molecule has 0 heterocycles. The topological polar surface area (TPSA) is 64.3 Å². The minimum absolute atomic E-state index is 0.259. The summed E-state index contributed by atoms with van der Waals surface area (Å²) >= 11 is 0. The molecule has 1 rings (SSSR count). The van der Waals surface area contributed by atoms with Crippen molar-refractivity contribution >= 4 is 11.6 Å². The highest BCUT2D eigenvalue weighted by Crippen LogP contribution is 2.18. The zero-order chi connectivity index (χ0) is 14.4. The molecule has 0 aliphatic carbocycles. The van der Waals surface area contributed by atoms with Crippen molar-refractivity contribution in [2.75, 3.05) is 19.5 Å². The Labute approximate surface area is 110 Å². The number of halogens is 2. The molecule has 0 saturated heterocycles. The Kier molecular flexibility index (Phi) is 5.69. The SMILES string of the molecule is CCCC(COC)NC(=O)c1c(F)ccc(N)c1F. The highest BCUT2D eigenvalue weighted by Gasteiger charge is 2.21. The second-order valence-corrected chi connectivity index (χ2v) is 4.24. The molecule has 1 aromatic carbocycles. The Morgan fingerprint density at radius 3 is 2.74 bits per heavy atom. The molecule has 1 amide bonds. The van der Waals surface area contributed by atoms with Gasteiger partial charge in [-0.25, -0.2) is 8.78 Å². The van der Waals surface area contributed by atoms with Gasteiger partial charge in [-0.1, -0.05) is 13.3 Å². The summed E-state index contributed by atoms with van der Waals surface area (Å²) in [6.07, 6.45) is 1.47. The van der Waals surface area contributed by atoms with Gasteiger partial charge in [0.05, 0.1) is 18.3 Å². The summed E-state index contributed by atoms with van der Waals surface area (Å²) in [5, 5.41) is 2.54. The van der Waals surface area contributed by atoms with Gasteiger partial charge >= 0.3 is 0 Å². The molecule has 0 radical (unpaired) electrons. The van der Waals surface area contributed by atoms with E-state index < -0.39 is 23.1 Å². The number of nitrogens with two attached hydrogens (primary N) is 1. The smallest absolute Gasteiger partial charge is 0.257 e. The summed E-state index contributed by atoms with van der Waals surface area (Å²) in [5.74, 6) is -2.79. The zero-order valence-corrected chi connectivity index (χ0v) is 11.0. The first-order chi connectivity index (χ1) is 9.01. The Hall–Kier alpha value is -1.69. The molecule has 3 N–H and O–H groups in total. The third-order valence-electron chi connectivity index (χ3n) is 2.69. The van der Waals surface area contributed by atoms with Crippen molar-refractivity contribution in [2.45, 2.75) is 25.8 Å². The number of methoxy groups -OCH3 is 1. The van der Waals surface area contributed by atoms with Crippen LogP contribution in [0.2, 0.25) is 0 Å². The molecule has 0 aromatic heterocycles. The number of rotatable bonds is 6. The van der Waals surface area contributed by atoms with Crippen molar-refractivity contribution in [3.63, 3.8) is 0 Å². The maximum Gasteiger partial charge on any atom is 0.257 e. The number of nitrogen functional groups attached to an aromatic ring is 1. The fourth-order valence-corrected chi connectivity index (χ4v) is 1.78. The van der Waals surface area contributed by atoms with Crippen LogP contribution in [0, 0.1) is 11.6 Å². The molecule has 0 aliphatic rings. The van der Waals surface area contributed by atoms with Crippen LogP contribution in [0.3, 0.4) is 0 Å². The summed E-state index contributed by atoms with van der Waals surface area (Å²) < 4.78 is 32.1. The van der Waals surface area contributed by atoms with Crippen molar-refractivity contribution in [1.29, 1.82) is 0 Å². The van der Waals surface area contributed by atoms with E-state index in [1.54, 1.807) is 0 Å². The van der Waals surface area contributed by atoms with Crippen LogP contribution in [-0.4, -0.2) is 25.7 Å². The third-order valence-corrected chi connectivity index (χ3v) is 2.69. The van der Waals surface area contributed by atoms with E-state index in [2.05, 4.69) is 5.32 Å². The molecular formula is C13H18F2N2O2. The predicted octanol–water partition coefficient (Wildman–Crippen LogP) is 2.09. The molecular weight excluding hydrogens is 254 g/mol. The van der Waals surface area contributed by atoms with Gasteiger partial charge in [0.15, 0.2) is 5.82 Å². The van der Waals surface area contributed by atoms with Crippen LogP contribution in [-0.2, 0) is 4.74 Å². The average molecular weight is 272 g/mol. The van der Waals surface area contributed by atoms with E-state index in [1.807, 2.05) is 6.92 Å². The van der Waals surface area contributed by atoms with Gasteiger partial charge in [-0.2, -0.15) is 0 Å². The summed E-state index contributed by atoms with van der Waals surface area (Å²) in [4.78, 5) is 11.9. The van der Waals surface area contributed by atoms with Gasteiger partial charge in [0.2, 0.25) is 0 Å². The minimum Gasteiger partial charge on any atom is -0.396 e. The second-order valence-electron chi connectivity index (χ2n) is 4.24. The van der Waals surface area contributed by atoms with Crippen LogP contribution in [0.15, 0.2) is 12.1 Å². The van der Waals surface area contributed by atoms with Crippen molar-refractivity contribution in [3.05, 3.63) is 29.3 Å². The lowest BCUT2D eigenvalue weighted by Crippen LogP contribution is -2.38. The van der Waals surface area contributed by atoms with Crippen molar-refractivity contribution in [2.24, 2.45) is 0 Å². The predicted molar refractivity (Wildman–Crippen MR) is 68.8 cm³/mol. The molecule has 0 saturated carbocycles.